The Morgan fingerprint density at radius 1 is 1.08 bits per heavy atom. The SMILES string of the molecule is Cc1ccccc1-n1ncc2c(=O)n(Cc3cccnc3)cnc21. The number of para-hydroxylation sites is 1. The Morgan fingerprint density at radius 3 is 2.75 bits per heavy atom. The summed E-state index contributed by atoms with van der Waals surface area (Å²) >= 11 is 0. The Morgan fingerprint density at radius 2 is 1.96 bits per heavy atom. The molecular formula is C18H15N5O. The Hall–Kier alpha value is -3.28. The molecule has 0 radical (unpaired) electrons. The van der Waals surface area contributed by atoms with Crippen molar-refractivity contribution >= 4 is 11.0 Å². The third-order valence-corrected chi connectivity index (χ3v) is 3.97. The minimum atomic E-state index is -0.108. The van der Waals surface area contributed by atoms with E-state index in [1.807, 2.05) is 43.3 Å². The Labute approximate surface area is 138 Å². The molecule has 3 heterocycles. The molecular weight excluding hydrogens is 302 g/mol. The van der Waals surface area contributed by atoms with Gasteiger partial charge in [-0.15, -0.1) is 0 Å². The molecule has 0 atom stereocenters. The zero-order valence-electron chi connectivity index (χ0n) is 13.1. The van der Waals surface area contributed by atoms with Crippen LogP contribution in [0.1, 0.15) is 11.1 Å². The third kappa shape index (κ3) is 2.38. The number of fused-ring (bicyclic) bond motifs is 1. The molecule has 0 N–H and O–H groups in total. The van der Waals surface area contributed by atoms with E-state index >= 15 is 0 Å². The second-order valence-corrected chi connectivity index (χ2v) is 5.62. The van der Waals surface area contributed by atoms with E-state index in [1.54, 1.807) is 34.2 Å². The molecule has 6 nitrogen and oxygen atoms in total. The van der Waals surface area contributed by atoms with Crippen LogP contribution in [0.15, 0.2) is 66.1 Å². The fourth-order valence-electron chi connectivity index (χ4n) is 2.73. The van der Waals surface area contributed by atoms with Crippen molar-refractivity contribution in [2.75, 3.05) is 0 Å². The molecule has 3 aromatic heterocycles. The molecule has 4 rings (SSSR count). The minimum absolute atomic E-state index is 0.108. The highest BCUT2D eigenvalue weighted by Gasteiger charge is 2.12. The van der Waals surface area contributed by atoms with E-state index in [4.69, 9.17) is 0 Å². The molecule has 0 spiro atoms. The maximum Gasteiger partial charge on any atom is 0.264 e. The molecule has 0 saturated heterocycles. The summed E-state index contributed by atoms with van der Waals surface area (Å²) in [6.45, 7) is 2.44. The van der Waals surface area contributed by atoms with Crippen molar-refractivity contribution in [1.29, 1.82) is 0 Å². The van der Waals surface area contributed by atoms with Crippen molar-refractivity contribution in [3.63, 3.8) is 0 Å². The number of benzene rings is 1. The lowest BCUT2D eigenvalue weighted by Crippen LogP contribution is -2.21. The lowest BCUT2D eigenvalue weighted by molar-refractivity contribution is 0.742. The summed E-state index contributed by atoms with van der Waals surface area (Å²) in [5.41, 5.74) is 3.40. The topological polar surface area (TPSA) is 65.6 Å². The maximum absolute atomic E-state index is 12.7. The molecule has 24 heavy (non-hydrogen) atoms. The smallest absolute Gasteiger partial charge is 0.264 e. The molecule has 0 saturated carbocycles. The summed E-state index contributed by atoms with van der Waals surface area (Å²) in [6, 6.07) is 11.7. The predicted molar refractivity (Wildman–Crippen MR) is 91.2 cm³/mol. The van der Waals surface area contributed by atoms with E-state index in [0.29, 0.717) is 17.6 Å². The molecule has 0 aliphatic carbocycles. The van der Waals surface area contributed by atoms with Crippen molar-refractivity contribution in [2.45, 2.75) is 13.5 Å². The second kappa shape index (κ2) is 5.73. The fraction of sp³-hybridized carbons (Fsp3) is 0.111. The molecule has 118 valence electrons. The zero-order valence-corrected chi connectivity index (χ0v) is 13.1. The van der Waals surface area contributed by atoms with Gasteiger partial charge in [0, 0.05) is 12.4 Å². The van der Waals surface area contributed by atoms with E-state index in [0.717, 1.165) is 16.8 Å². The molecule has 1 aromatic carbocycles. The molecule has 4 aromatic rings. The number of aromatic nitrogens is 5. The zero-order chi connectivity index (χ0) is 16.5. The standard InChI is InChI=1S/C18H15N5O/c1-13-5-2-3-7-16(13)23-17-15(10-21-23)18(24)22(12-20-17)11-14-6-4-8-19-9-14/h2-10,12H,11H2,1H3. The van der Waals surface area contributed by atoms with Crippen LogP contribution in [-0.2, 0) is 6.54 Å². The Kier molecular flexibility index (Phi) is 3.42. The van der Waals surface area contributed by atoms with Crippen molar-refractivity contribution < 1.29 is 0 Å². The van der Waals surface area contributed by atoms with Crippen molar-refractivity contribution in [1.82, 2.24) is 24.3 Å². The molecule has 6 heteroatoms. The minimum Gasteiger partial charge on any atom is -0.294 e. The van der Waals surface area contributed by atoms with Crippen LogP contribution in [0.3, 0.4) is 0 Å². The van der Waals surface area contributed by atoms with Crippen molar-refractivity contribution in [2.24, 2.45) is 0 Å². The number of nitrogens with zero attached hydrogens (tertiary/aromatic N) is 5. The van der Waals surface area contributed by atoms with Crippen molar-refractivity contribution in [3.8, 4) is 5.69 Å². The van der Waals surface area contributed by atoms with E-state index in [9.17, 15) is 4.79 Å². The van der Waals surface area contributed by atoms with Gasteiger partial charge in [-0.3, -0.25) is 14.3 Å². The summed E-state index contributed by atoms with van der Waals surface area (Å²) in [7, 11) is 0. The first-order valence-electron chi connectivity index (χ1n) is 7.62. The van der Waals surface area contributed by atoms with Gasteiger partial charge in [-0.2, -0.15) is 5.10 Å². The number of hydrogen-bond donors (Lipinski definition) is 0. The quantitative estimate of drug-likeness (QED) is 0.582. The van der Waals surface area contributed by atoms with Crippen LogP contribution >= 0.6 is 0 Å². The van der Waals surface area contributed by atoms with E-state index in [2.05, 4.69) is 15.1 Å². The van der Waals surface area contributed by atoms with Crippen LogP contribution in [0, 0.1) is 6.92 Å². The van der Waals surface area contributed by atoms with Gasteiger partial charge in [-0.05, 0) is 30.2 Å². The average molecular weight is 317 g/mol. The van der Waals surface area contributed by atoms with Gasteiger partial charge in [0.1, 0.15) is 11.7 Å². The van der Waals surface area contributed by atoms with Gasteiger partial charge in [0.2, 0.25) is 0 Å². The first kappa shape index (κ1) is 14.3. The van der Waals surface area contributed by atoms with E-state index in [-0.39, 0.29) is 5.56 Å². The second-order valence-electron chi connectivity index (χ2n) is 5.62. The molecule has 0 unspecified atom stereocenters. The summed E-state index contributed by atoms with van der Waals surface area (Å²) < 4.78 is 3.28. The highest BCUT2D eigenvalue weighted by Crippen LogP contribution is 2.17. The van der Waals surface area contributed by atoms with Gasteiger partial charge in [0.15, 0.2) is 5.65 Å². The van der Waals surface area contributed by atoms with Gasteiger partial charge in [0.05, 0.1) is 18.4 Å². The fourth-order valence-corrected chi connectivity index (χ4v) is 2.73. The number of rotatable bonds is 3. The van der Waals surface area contributed by atoms with Crippen LogP contribution in [0.5, 0.6) is 0 Å². The molecule has 0 amide bonds. The van der Waals surface area contributed by atoms with Gasteiger partial charge in [-0.25, -0.2) is 9.67 Å². The number of pyridine rings is 1. The predicted octanol–water partition coefficient (Wildman–Crippen LogP) is 2.33. The summed E-state index contributed by atoms with van der Waals surface area (Å²) in [5.74, 6) is 0. The van der Waals surface area contributed by atoms with Gasteiger partial charge in [0.25, 0.3) is 5.56 Å². The number of hydrogen-bond acceptors (Lipinski definition) is 4. The van der Waals surface area contributed by atoms with Crippen molar-refractivity contribution in [3.05, 3.63) is 82.8 Å². The molecule has 0 fully saturated rings. The number of aryl methyl sites for hydroxylation is 1. The van der Waals surface area contributed by atoms with Crippen LogP contribution in [0.4, 0.5) is 0 Å². The van der Waals surface area contributed by atoms with E-state index in [1.165, 1.54) is 0 Å². The molecule has 0 aliphatic heterocycles. The summed E-state index contributed by atoms with van der Waals surface area (Å²) in [5, 5.41) is 4.87. The van der Waals surface area contributed by atoms with Gasteiger partial charge < -0.3 is 0 Å². The summed E-state index contributed by atoms with van der Waals surface area (Å²) in [4.78, 5) is 21.2. The highest BCUT2D eigenvalue weighted by atomic mass is 16.1. The normalized spacial score (nSPS) is 11.0. The monoisotopic (exact) mass is 317 g/mol. The average Bonchev–Trinajstić information content (AvgIpc) is 3.03. The lowest BCUT2D eigenvalue weighted by Gasteiger charge is -2.08. The first-order chi connectivity index (χ1) is 11.7. The van der Waals surface area contributed by atoms with Crippen LogP contribution < -0.4 is 5.56 Å². The Balaban J connectivity index is 1.82. The van der Waals surface area contributed by atoms with E-state index < -0.39 is 0 Å². The van der Waals surface area contributed by atoms with Crippen LogP contribution in [0.2, 0.25) is 0 Å². The summed E-state index contributed by atoms with van der Waals surface area (Å²) in [6.07, 6.45) is 6.60. The first-order valence-corrected chi connectivity index (χ1v) is 7.62. The Bertz CT molecular complexity index is 1070. The maximum atomic E-state index is 12.7. The lowest BCUT2D eigenvalue weighted by atomic mass is 10.2. The van der Waals surface area contributed by atoms with Crippen LogP contribution in [-0.4, -0.2) is 24.3 Å². The third-order valence-electron chi connectivity index (χ3n) is 3.97. The van der Waals surface area contributed by atoms with Crippen LogP contribution in [0.25, 0.3) is 16.7 Å². The van der Waals surface area contributed by atoms with Gasteiger partial charge in [-0.1, -0.05) is 24.3 Å². The molecule has 0 bridgehead atoms. The van der Waals surface area contributed by atoms with Gasteiger partial charge >= 0.3 is 0 Å². The molecule has 0 aliphatic rings. The highest BCUT2D eigenvalue weighted by molar-refractivity contribution is 5.75. The largest absolute Gasteiger partial charge is 0.294 e.